The summed E-state index contributed by atoms with van der Waals surface area (Å²) in [5.41, 5.74) is 1.18. The van der Waals surface area contributed by atoms with Crippen LogP contribution in [0.3, 0.4) is 0 Å². The molecule has 1 N–H and O–H groups in total. The van der Waals surface area contributed by atoms with E-state index in [0.717, 1.165) is 16.3 Å². The smallest absolute Gasteiger partial charge is 0.309 e. The van der Waals surface area contributed by atoms with Crippen molar-refractivity contribution in [3.8, 4) is 5.75 Å². The molecule has 3 rings (SSSR count). The number of fused-ring (bicyclic) bond motifs is 2. The van der Waals surface area contributed by atoms with Gasteiger partial charge in [-0.2, -0.15) is 0 Å². The van der Waals surface area contributed by atoms with Gasteiger partial charge in [0.1, 0.15) is 5.58 Å². The number of carboxylic acids is 1. The van der Waals surface area contributed by atoms with E-state index < -0.39 is 11.4 Å². The number of hydrogen-bond acceptors (Lipinski definition) is 4. The van der Waals surface area contributed by atoms with Crippen molar-refractivity contribution in [2.24, 2.45) is 5.41 Å². The van der Waals surface area contributed by atoms with Crippen molar-refractivity contribution in [3.05, 3.63) is 30.2 Å². The van der Waals surface area contributed by atoms with Crippen molar-refractivity contribution in [1.29, 1.82) is 0 Å². The van der Waals surface area contributed by atoms with Gasteiger partial charge in [-0.05, 0) is 32.4 Å². The normalized spacial score (nSPS) is 12.1. The third kappa shape index (κ3) is 1.96. The maximum Gasteiger partial charge on any atom is 0.309 e. The molecule has 0 aliphatic carbocycles. The number of furan rings is 2. The van der Waals surface area contributed by atoms with E-state index in [9.17, 15) is 9.90 Å². The fourth-order valence-electron chi connectivity index (χ4n) is 2.58. The standard InChI is InChI=1S/C16H16O5/c1-16(2,15(17)18)8-11-9-4-6-21-14(9)13(19-3)10-5-7-20-12(10)11/h4-7H,8H2,1-3H3,(H,17,18). The summed E-state index contributed by atoms with van der Waals surface area (Å²) in [5.74, 6) is -0.245. The van der Waals surface area contributed by atoms with Crippen LogP contribution in [-0.4, -0.2) is 18.2 Å². The molecule has 0 amide bonds. The summed E-state index contributed by atoms with van der Waals surface area (Å²) in [6, 6.07) is 3.61. The Labute approximate surface area is 121 Å². The Balaban J connectivity index is 2.32. The van der Waals surface area contributed by atoms with E-state index >= 15 is 0 Å². The second-order valence-corrected chi connectivity index (χ2v) is 5.70. The summed E-state index contributed by atoms with van der Waals surface area (Å²) < 4.78 is 16.5. The molecule has 0 aliphatic heterocycles. The van der Waals surface area contributed by atoms with Crippen molar-refractivity contribution in [1.82, 2.24) is 0 Å². The molecule has 1 aromatic carbocycles. The SMILES string of the molecule is COc1c2ccoc2c(CC(C)(C)C(=O)O)c2ccoc12. The van der Waals surface area contributed by atoms with Gasteiger partial charge < -0.3 is 18.7 Å². The number of benzene rings is 1. The molecule has 0 radical (unpaired) electrons. The molecule has 5 heteroatoms. The van der Waals surface area contributed by atoms with Gasteiger partial charge in [0.15, 0.2) is 11.3 Å². The van der Waals surface area contributed by atoms with E-state index in [0.29, 0.717) is 23.3 Å². The van der Waals surface area contributed by atoms with Gasteiger partial charge >= 0.3 is 5.97 Å². The first kappa shape index (κ1) is 13.5. The average Bonchev–Trinajstić information content (AvgIpc) is 3.06. The highest BCUT2D eigenvalue weighted by Crippen LogP contribution is 2.41. The Morgan fingerprint density at radius 2 is 1.81 bits per heavy atom. The van der Waals surface area contributed by atoms with Crippen molar-refractivity contribution >= 4 is 27.9 Å². The van der Waals surface area contributed by atoms with E-state index in [1.165, 1.54) is 0 Å². The van der Waals surface area contributed by atoms with Crippen LogP contribution >= 0.6 is 0 Å². The molecule has 0 atom stereocenters. The molecule has 0 unspecified atom stereocenters. The predicted molar refractivity (Wildman–Crippen MR) is 77.7 cm³/mol. The highest BCUT2D eigenvalue weighted by atomic mass is 16.5. The molecule has 21 heavy (non-hydrogen) atoms. The monoisotopic (exact) mass is 288 g/mol. The van der Waals surface area contributed by atoms with E-state index in [-0.39, 0.29) is 0 Å². The second kappa shape index (κ2) is 4.55. The molecule has 2 aromatic heterocycles. The molecule has 0 fully saturated rings. The van der Waals surface area contributed by atoms with Crippen LogP contribution in [0.4, 0.5) is 0 Å². The molecule has 0 saturated heterocycles. The van der Waals surface area contributed by atoms with Crippen molar-refractivity contribution < 1.29 is 23.5 Å². The number of ether oxygens (including phenoxy) is 1. The summed E-state index contributed by atoms with van der Waals surface area (Å²) in [7, 11) is 1.57. The molecule has 110 valence electrons. The molecule has 0 spiro atoms. The lowest BCUT2D eigenvalue weighted by atomic mass is 9.84. The zero-order valence-electron chi connectivity index (χ0n) is 12.1. The lowest BCUT2D eigenvalue weighted by Gasteiger charge is -2.20. The quantitative estimate of drug-likeness (QED) is 0.789. The molecule has 2 heterocycles. The lowest BCUT2D eigenvalue weighted by Crippen LogP contribution is -2.26. The minimum Gasteiger partial charge on any atom is -0.492 e. The van der Waals surface area contributed by atoms with Gasteiger partial charge in [0, 0.05) is 10.9 Å². The Kier molecular flexibility index (Phi) is 2.93. The van der Waals surface area contributed by atoms with Gasteiger partial charge in [-0.3, -0.25) is 4.79 Å². The Morgan fingerprint density at radius 1 is 1.19 bits per heavy atom. The van der Waals surface area contributed by atoms with Crippen LogP contribution in [0, 0.1) is 5.41 Å². The van der Waals surface area contributed by atoms with Crippen LogP contribution < -0.4 is 4.74 Å². The van der Waals surface area contributed by atoms with Crippen molar-refractivity contribution in [2.75, 3.05) is 7.11 Å². The minimum absolute atomic E-state index is 0.340. The number of rotatable bonds is 4. The summed E-state index contributed by atoms with van der Waals surface area (Å²) in [4.78, 5) is 11.4. The fraction of sp³-hybridized carbons (Fsp3) is 0.312. The molecule has 5 nitrogen and oxygen atoms in total. The summed E-state index contributed by atoms with van der Waals surface area (Å²) >= 11 is 0. The van der Waals surface area contributed by atoms with Crippen LogP contribution in [0.2, 0.25) is 0 Å². The lowest BCUT2D eigenvalue weighted by molar-refractivity contribution is -0.146. The number of hydrogen-bond donors (Lipinski definition) is 1. The number of carboxylic acid groups (broad SMARTS) is 1. The Morgan fingerprint density at radius 3 is 2.43 bits per heavy atom. The van der Waals surface area contributed by atoms with E-state index in [1.54, 1.807) is 39.5 Å². The molecule has 0 bridgehead atoms. The fourth-order valence-corrected chi connectivity index (χ4v) is 2.58. The highest BCUT2D eigenvalue weighted by Gasteiger charge is 2.31. The maximum atomic E-state index is 11.4. The Bertz CT molecular complexity index is 770. The van der Waals surface area contributed by atoms with Gasteiger partial charge in [-0.15, -0.1) is 0 Å². The zero-order chi connectivity index (χ0) is 15.2. The first-order valence-electron chi connectivity index (χ1n) is 6.62. The maximum absolute atomic E-state index is 11.4. The predicted octanol–water partition coefficient (Wildman–Crippen LogP) is 3.84. The van der Waals surface area contributed by atoms with Crippen LogP contribution in [0.5, 0.6) is 5.75 Å². The van der Waals surface area contributed by atoms with Crippen LogP contribution in [0.25, 0.3) is 21.9 Å². The first-order chi connectivity index (χ1) is 9.95. The average molecular weight is 288 g/mol. The van der Waals surface area contributed by atoms with E-state index in [2.05, 4.69) is 0 Å². The first-order valence-corrected chi connectivity index (χ1v) is 6.62. The van der Waals surface area contributed by atoms with Crippen LogP contribution in [0.1, 0.15) is 19.4 Å². The minimum atomic E-state index is -0.904. The van der Waals surface area contributed by atoms with Gasteiger partial charge in [-0.25, -0.2) is 0 Å². The molecule has 3 aromatic rings. The third-order valence-electron chi connectivity index (χ3n) is 3.78. The summed E-state index contributed by atoms with van der Waals surface area (Å²) in [6.07, 6.45) is 3.49. The second-order valence-electron chi connectivity index (χ2n) is 5.70. The number of carbonyl (C=O) groups is 1. The molecule has 0 aliphatic rings. The molecular weight excluding hydrogens is 272 g/mol. The highest BCUT2D eigenvalue weighted by molar-refractivity contribution is 6.04. The molecule has 0 saturated carbocycles. The van der Waals surface area contributed by atoms with Crippen molar-refractivity contribution in [3.63, 3.8) is 0 Å². The van der Waals surface area contributed by atoms with Gasteiger partial charge in [0.2, 0.25) is 0 Å². The molecular formula is C16H16O5. The topological polar surface area (TPSA) is 72.8 Å². The van der Waals surface area contributed by atoms with Gasteiger partial charge in [0.05, 0.1) is 30.4 Å². The number of methoxy groups -OCH3 is 1. The van der Waals surface area contributed by atoms with Crippen molar-refractivity contribution in [2.45, 2.75) is 20.3 Å². The largest absolute Gasteiger partial charge is 0.492 e. The Hall–Kier alpha value is -2.43. The van der Waals surface area contributed by atoms with Gasteiger partial charge in [0.25, 0.3) is 0 Å². The van der Waals surface area contributed by atoms with E-state index in [1.807, 2.05) is 6.07 Å². The number of aliphatic carboxylic acids is 1. The van der Waals surface area contributed by atoms with Crippen LogP contribution in [0.15, 0.2) is 33.5 Å². The van der Waals surface area contributed by atoms with Crippen LogP contribution in [-0.2, 0) is 11.2 Å². The summed E-state index contributed by atoms with van der Waals surface area (Å²) in [5, 5.41) is 11.0. The van der Waals surface area contributed by atoms with E-state index in [4.69, 9.17) is 13.6 Å². The summed E-state index contributed by atoms with van der Waals surface area (Å²) in [6.45, 7) is 3.39. The van der Waals surface area contributed by atoms with Gasteiger partial charge in [-0.1, -0.05) is 0 Å². The third-order valence-corrected chi connectivity index (χ3v) is 3.78. The zero-order valence-corrected chi connectivity index (χ0v) is 12.1.